The molecule has 2 aromatic rings. The van der Waals surface area contributed by atoms with Crippen LogP contribution in [-0.2, 0) is 24.2 Å². The SMILES string of the molecule is CC[C@@H](C)CNC(=O)c1n[nH]c2c1CN(C(=O)Cc1ccccc1F)CC2. The van der Waals surface area contributed by atoms with Crippen LogP contribution < -0.4 is 5.32 Å². The van der Waals surface area contributed by atoms with Crippen LogP contribution in [0.15, 0.2) is 24.3 Å². The summed E-state index contributed by atoms with van der Waals surface area (Å²) in [6, 6.07) is 6.29. The number of amides is 2. The molecule has 0 saturated heterocycles. The molecule has 0 unspecified atom stereocenters. The van der Waals surface area contributed by atoms with Crippen molar-refractivity contribution in [3.63, 3.8) is 0 Å². The molecule has 1 atom stereocenters. The first-order valence-corrected chi connectivity index (χ1v) is 9.35. The van der Waals surface area contributed by atoms with Crippen molar-refractivity contribution in [2.75, 3.05) is 13.1 Å². The average Bonchev–Trinajstić information content (AvgIpc) is 3.10. The molecule has 144 valence electrons. The van der Waals surface area contributed by atoms with Crippen molar-refractivity contribution in [1.29, 1.82) is 0 Å². The Labute approximate surface area is 158 Å². The maximum absolute atomic E-state index is 13.8. The summed E-state index contributed by atoms with van der Waals surface area (Å²) in [4.78, 5) is 26.7. The first kappa shape index (κ1) is 19.1. The third kappa shape index (κ3) is 4.35. The number of hydrogen-bond donors (Lipinski definition) is 2. The van der Waals surface area contributed by atoms with Crippen molar-refractivity contribution >= 4 is 11.8 Å². The van der Waals surface area contributed by atoms with E-state index in [1.165, 1.54) is 6.07 Å². The Hall–Kier alpha value is -2.70. The van der Waals surface area contributed by atoms with Crippen molar-refractivity contribution in [3.05, 3.63) is 52.6 Å². The van der Waals surface area contributed by atoms with E-state index < -0.39 is 0 Å². The average molecular weight is 372 g/mol. The van der Waals surface area contributed by atoms with Crippen molar-refractivity contribution in [2.45, 2.75) is 39.7 Å². The molecule has 1 aliphatic rings. The second kappa shape index (κ2) is 8.33. The van der Waals surface area contributed by atoms with E-state index in [1.54, 1.807) is 23.1 Å². The molecule has 3 rings (SSSR count). The van der Waals surface area contributed by atoms with Gasteiger partial charge in [0, 0.05) is 37.3 Å². The van der Waals surface area contributed by atoms with E-state index in [4.69, 9.17) is 0 Å². The van der Waals surface area contributed by atoms with Crippen LogP contribution in [0, 0.1) is 11.7 Å². The number of nitrogens with zero attached hydrogens (tertiary/aromatic N) is 2. The van der Waals surface area contributed by atoms with Crippen molar-refractivity contribution in [3.8, 4) is 0 Å². The summed E-state index contributed by atoms with van der Waals surface area (Å²) in [5, 5.41) is 9.98. The van der Waals surface area contributed by atoms with E-state index in [0.717, 1.165) is 17.7 Å². The minimum Gasteiger partial charge on any atom is -0.350 e. The number of hydrogen-bond acceptors (Lipinski definition) is 3. The lowest BCUT2D eigenvalue weighted by molar-refractivity contribution is -0.131. The molecule has 1 aromatic heterocycles. The molecule has 2 heterocycles. The van der Waals surface area contributed by atoms with Gasteiger partial charge in [-0.1, -0.05) is 38.5 Å². The number of fused-ring (bicyclic) bond motifs is 1. The van der Waals surface area contributed by atoms with E-state index in [9.17, 15) is 14.0 Å². The quantitative estimate of drug-likeness (QED) is 0.818. The van der Waals surface area contributed by atoms with E-state index in [0.29, 0.717) is 43.2 Å². The molecule has 27 heavy (non-hydrogen) atoms. The van der Waals surface area contributed by atoms with Crippen LogP contribution in [0.2, 0.25) is 0 Å². The molecule has 2 amide bonds. The molecule has 1 aliphatic heterocycles. The number of aromatic amines is 1. The molecule has 2 N–H and O–H groups in total. The van der Waals surface area contributed by atoms with Crippen molar-refractivity contribution in [1.82, 2.24) is 20.4 Å². The Kier molecular flexibility index (Phi) is 5.88. The monoisotopic (exact) mass is 372 g/mol. The van der Waals surface area contributed by atoms with Gasteiger partial charge in [0.15, 0.2) is 5.69 Å². The molecule has 0 spiro atoms. The van der Waals surface area contributed by atoms with Crippen molar-refractivity contribution < 1.29 is 14.0 Å². The second-order valence-corrected chi connectivity index (χ2v) is 7.09. The zero-order chi connectivity index (χ0) is 19.4. The zero-order valence-corrected chi connectivity index (χ0v) is 15.7. The lowest BCUT2D eigenvalue weighted by Gasteiger charge is -2.27. The predicted octanol–water partition coefficient (Wildman–Crippen LogP) is 2.45. The lowest BCUT2D eigenvalue weighted by Crippen LogP contribution is -2.38. The number of rotatable bonds is 6. The number of aromatic nitrogens is 2. The fourth-order valence-electron chi connectivity index (χ4n) is 3.11. The summed E-state index contributed by atoms with van der Waals surface area (Å²) < 4.78 is 13.8. The van der Waals surface area contributed by atoms with E-state index >= 15 is 0 Å². The molecule has 6 nitrogen and oxygen atoms in total. The van der Waals surface area contributed by atoms with Crippen LogP contribution >= 0.6 is 0 Å². The number of halogens is 1. The van der Waals surface area contributed by atoms with Gasteiger partial charge < -0.3 is 10.2 Å². The van der Waals surface area contributed by atoms with Crippen LogP contribution in [0.4, 0.5) is 4.39 Å². The van der Waals surface area contributed by atoms with Gasteiger partial charge in [-0.05, 0) is 17.5 Å². The Morgan fingerprint density at radius 2 is 2.15 bits per heavy atom. The first-order valence-electron chi connectivity index (χ1n) is 9.35. The predicted molar refractivity (Wildman–Crippen MR) is 99.6 cm³/mol. The summed E-state index contributed by atoms with van der Waals surface area (Å²) in [7, 11) is 0. The van der Waals surface area contributed by atoms with Crippen LogP contribution in [0.3, 0.4) is 0 Å². The smallest absolute Gasteiger partial charge is 0.272 e. The third-order valence-corrected chi connectivity index (χ3v) is 5.11. The van der Waals surface area contributed by atoms with Gasteiger partial charge in [0.2, 0.25) is 5.91 Å². The van der Waals surface area contributed by atoms with Gasteiger partial charge in [0.25, 0.3) is 5.91 Å². The molecule has 0 fully saturated rings. The van der Waals surface area contributed by atoms with E-state index in [-0.39, 0.29) is 24.1 Å². The maximum Gasteiger partial charge on any atom is 0.272 e. The lowest BCUT2D eigenvalue weighted by atomic mass is 10.0. The highest BCUT2D eigenvalue weighted by atomic mass is 19.1. The summed E-state index contributed by atoms with van der Waals surface area (Å²) in [5.41, 5.74) is 2.37. The zero-order valence-electron chi connectivity index (χ0n) is 15.7. The standard InChI is InChI=1S/C20H25FN4O2/c1-3-13(2)11-22-20(27)19-15-12-25(9-8-17(15)23-24-19)18(26)10-14-6-4-5-7-16(14)21/h4-7,13H,3,8-12H2,1-2H3,(H,22,27)(H,23,24)/t13-/m1/s1. The normalized spacial score (nSPS) is 14.6. The Balaban J connectivity index is 1.68. The van der Waals surface area contributed by atoms with Gasteiger partial charge in [-0.2, -0.15) is 5.10 Å². The molecular weight excluding hydrogens is 347 g/mol. The van der Waals surface area contributed by atoms with Crippen molar-refractivity contribution in [2.24, 2.45) is 5.92 Å². The molecule has 0 bridgehead atoms. The van der Waals surface area contributed by atoms with Crippen LogP contribution in [-0.4, -0.2) is 40.0 Å². The van der Waals surface area contributed by atoms with E-state index in [1.807, 2.05) is 0 Å². The van der Waals surface area contributed by atoms with Crippen LogP contribution in [0.5, 0.6) is 0 Å². The topological polar surface area (TPSA) is 78.1 Å². The number of H-pyrrole nitrogens is 1. The Morgan fingerprint density at radius 3 is 2.89 bits per heavy atom. The molecule has 0 radical (unpaired) electrons. The number of nitrogens with one attached hydrogen (secondary N) is 2. The van der Waals surface area contributed by atoms with Gasteiger partial charge in [-0.3, -0.25) is 14.7 Å². The highest BCUT2D eigenvalue weighted by molar-refractivity contribution is 5.94. The van der Waals surface area contributed by atoms with Crippen LogP contribution in [0.1, 0.15) is 47.6 Å². The fraction of sp³-hybridized carbons (Fsp3) is 0.450. The minimum atomic E-state index is -0.378. The van der Waals surface area contributed by atoms with Gasteiger partial charge in [0.1, 0.15) is 5.82 Å². The second-order valence-electron chi connectivity index (χ2n) is 7.09. The highest BCUT2D eigenvalue weighted by Gasteiger charge is 2.28. The first-order chi connectivity index (χ1) is 13.0. The third-order valence-electron chi connectivity index (χ3n) is 5.11. The maximum atomic E-state index is 13.8. The molecule has 0 saturated carbocycles. The molecule has 1 aromatic carbocycles. The molecule has 7 heteroatoms. The summed E-state index contributed by atoms with van der Waals surface area (Å²) >= 11 is 0. The molecular formula is C20H25FN4O2. The summed E-state index contributed by atoms with van der Waals surface area (Å²) in [5.74, 6) is -0.367. The van der Waals surface area contributed by atoms with Gasteiger partial charge >= 0.3 is 0 Å². The highest BCUT2D eigenvalue weighted by Crippen LogP contribution is 2.21. The number of carbonyl (C=O) groups excluding carboxylic acids is 2. The minimum absolute atomic E-state index is 0.00933. The number of carbonyl (C=O) groups is 2. The Morgan fingerprint density at radius 1 is 1.37 bits per heavy atom. The van der Waals surface area contributed by atoms with Crippen LogP contribution in [0.25, 0.3) is 0 Å². The van der Waals surface area contributed by atoms with Gasteiger partial charge in [-0.25, -0.2) is 4.39 Å². The van der Waals surface area contributed by atoms with E-state index in [2.05, 4.69) is 29.4 Å². The summed E-state index contributed by atoms with van der Waals surface area (Å²) in [6.07, 6.45) is 1.59. The fourth-order valence-corrected chi connectivity index (χ4v) is 3.11. The van der Waals surface area contributed by atoms with Gasteiger partial charge in [-0.15, -0.1) is 0 Å². The Bertz CT molecular complexity index is 833. The molecule has 0 aliphatic carbocycles. The summed E-state index contributed by atoms with van der Waals surface area (Å²) in [6.45, 7) is 5.57. The number of benzene rings is 1. The van der Waals surface area contributed by atoms with Gasteiger partial charge in [0.05, 0.1) is 6.42 Å². The largest absolute Gasteiger partial charge is 0.350 e.